The molecule has 1 fully saturated rings. The van der Waals surface area contributed by atoms with Gasteiger partial charge in [0.2, 0.25) is 5.91 Å². The van der Waals surface area contributed by atoms with Crippen LogP contribution in [-0.4, -0.2) is 48.4 Å². The molecule has 0 spiro atoms. The van der Waals surface area contributed by atoms with Crippen LogP contribution in [0.2, 0.25) is 0 Å². The maximum absolute atomic E-state index is 12.6. The lowest BCUT2D eigenvalue weighted by atomic mass is 9.98. The van der Waals surface area contributed by atoms with Crippen LogP contribution in [0.4, 0.5) is 5.69 Å². The quantitative estimate of drug-likeness (QED) is 0.835. The smallest absolute Gasteiger partial charge is 0.238 e. The number of para-hydroxylation sites is 1. The number of benzene rings is 1. The minimum Gasteiger partial charge on any atom is -0.324 e. The maximum Gasteiger partial charge on any atom is 0.238 e. The molecule has 26 heavy (non-hydrogen) atoms. The fourth-order valence-corrected chi connectivity index (χ4v) is 4.13. The van der Waals surface area contributed by atoms with Gasteiger partial charge in [-0.05, 0) is 46.4 Å². The molecule has 0 saturated carbocycles. The predicted molar refractivity (Wildman–Crippen MR) is 110 cm³/mol. The van der Waals surface area contributed by atoms with Gasteiger partial charge in [-0.2, -0.15) is 11.3 Å². The van der Waals surface area contributed by atoms with E-state index in [4.69, 9.17) is 0 Å². The molecule has 140 valence electrons. The third-order valence-electron chi connectivity index (χ3n) is 5.01. The van der Waals surface area contributed by atoms with Crippen LogP contribution < -0.4 is 5.32 Å². The van der Waals surface area contributed by atoms with E-state index in [-0.39, 0.29) is 5.91 Å². The molecule has 0 bridgehead atoms. The third-order valence-corrected chi connectivity index (χ3v) is 5.74. The summed E-state index contributed by atoms with van der Waals surface area (Å²) in [5, 5.41) is 7.51. The molecule has 1 amide bonds. The summed E-state index contributed by atoms with van der Waals surface area (Å²) in [6.45, 7) is 11.8. The Bertz CT molecular complexity index is 719. The molecule has 0 aliphatic carbocycles. The number of hydrogen-bond acceptors (Lipinski definition) is 4. The van der Waals surface area contributed by atoms with Crippen molar-refractivity contribution in [1.29, 1.82) is 0 Å². The zero-order valence-corrected chi connectivity index (χ0v) is 16.8. The largest absolute Gasteiger partial charge is 0.324 e. The molecule has 1 aliphatic rings. The maximum atomic E-state index is 12.6. The SMILES string of the molecule is Cc1cccc(C(C)C)c1NC(=O)CN1CCN(Cc2ccsc2)CC1. The standard InChI is InChI=1S/C21H29N3OS/c1-16(2)19-6-4-5-17(3)21(19)22-20(25)14-24-10-8-23(9-11-24)13-18-7-12-26-15-18/h4-7,12,15-16H,8-11,13-14H2,1-3H3,(H,22,25). The van der Waals surface area contributed by atoms with E-state index >= 15 is 0 Å². The van der Waals surface area contributed by atoms with E-state index in [0.717, 1.165) is 44.0 Å². The highest BCUT2D eigenvalue weighted by atomic mass is 32.1. The first-order valence-corrected chi connectivity index (χ1v) is 10.3. The normalized spacial score (nSPS) is 16.2. The number of anilines is 1. The summed E-state index contributed by atoms with van der Waals surface area (Å²) >= 11 is 1.75. The van der Waals surface area contributed by atoms with Crippen LogP contribution in [0, 0.1) is 6.92 Å². The molecule has 0 unspecified atom stereocenters. The van der Waals surface area contributed by atoms with Crippen molar-refractivity contribution in [2.45, 2.75) is 33.2 Å². The van der Waals surface area contributed by atoms with Crippen LogP contribution in [0.1, 0.15) is 36.5 Å². The van der Waals surface area contributed by atoms with Gasteiger partial charge in [-0.3, -0.25) is 14.6 Å². The molecule has 1 aliphatic heterocycles. The number of hydrogen-bond donors (Lipinski definition) is 1. The number of piperazine rings is 1. The summed E-state index contributed by atoms with van der Waals surface area (Å²) < 4.78 is 0. The second-order valence-electron chi connectivity index (χ2n) is 7.43. The molecule has 4 nitrogen and oxygen atoms in total. The van der Waals surface area contributed by atoms with E-state index in [9.17, 15) is 4.79 Å². The van der Waals surface area contributed by atoms with E-state index in [2.05, 4.69) is 70.9 Å². The predicted octanol–water partition coefficient (Wildman–Crippen LogP) is 3.94. The van der Waals surface area contributed by atoms with Crippen molar-refractivity contribution in [1.82, 2.24) is 9.80 Å². The van der Waals surface area contributed by atoms with E-state index < -0.39 is 0 Å². The van der Waals surface area contributed by atoms with Gasteiger partial charge in [-0.25, -0.2) is 0 Å². The van der Waals surface area contributed by atoms with Crippen LogP contribution in [0.3, 0.4) is 0 Å². The topological polar surface area (TPSA) is 35.6 Å². The Kier molecular flexibility index (Phi) is 6.46. The fourth-order valence-electron chi connectivity index (χ4n) is 3.47. The van der Waals surface area contributed by atoms with Crippen molar-refractivity contribution < 1.29 is 4.79 Å². The van der Waals surface area contributed by atoms with E-state index in [1.165, 1.54) is 11.1 Å². The Labute approximate surface area is 160 Å². The Balaban J connectivity index is 1.51. The minimum absolute atomic E-state index is 0.0903. The summed E-state index contributed by atoms with van der Waals surface area (Å²) in [6.07, 6.45) is 0. The molecule has 1 aromatic carbocycles. The van der Waals surface area contributed by atoms with Gasteiger partial charge in [0.05, 0.1) is 6.54 Å². The number of carbonyl (C=O) groups excluding carboxylic acids is 1. The van der Waals surface area contributed by atoms with Gasteiger partial charge in [-0.15, -0.1) is 0 Å². The van der Waals surface area contributed by atoms with Crippen molar-refractivity contribution in [3.05, 3.63) is 51.7 Å². The van der Waals surface area contributed by atoms with Crippen molar-refractivity contribution >= 4 is 22.9 Å². The van der Waals surface area contributed by atoms with Crippen molar-refractivity contribution in [2.75, 3.05) is 38.0 Å². The molecule has 1 aromatic heterocycles. The highest BCUT2D eigenvalue weighted by Crippen LogP contribution is 2.27. The molecule has 2 aromatic rings. The van der Waals surface area contributed by atoms with Gasteiger partial charge in [-0.1, -0.05) is 32.0 Å². The number of amides is 1. The molecule has 1 saturated heterocycles. The summed E-state index contributed by atoms with van der Waals surface area (Å²) in [5.74, 6) is 0.485. The lowest BCUT2D eigenvalue weighted by molar-refractivity contribution is -0.117. The lowest BCUT2D eigenvalue weighted by Crippen LogP contribution is -2.48. The van der Waals surface area contributed by atoms with Crippen molar-refractivity contribution in [3.63, 3.8) is 0 Å². The van der Waals surface area contributed by atoms with Crippen LogP contribution in [0.25, 0.3) is 0 Å². The van der Waals surface area contributed by atoms with Gasteiger partial charge in [0.15, 0.2) is 0 Å². The van der Waals surface area contributed by atoms with Crippen molar-refractivity contribution in [2.24, 2.45) is 0 Å². The van der Waals surface area contributed by atoms with Gasteiger partial charge in [0.1, 0.15) is 0 Å². The van der Waals surface area contributed by atoms with Crippen LogP contribution in [-0.2, 0) is 11.3 Å². The molecular formula is C21H29N3OS. The zero-order chi connectivity index (χ0) is 18.5. The Hall–Kier alpha value is -1.69. The summed E-state index contributed by atoms with van der Waals surface area (Å²) in [4.78, 5) is 17.3. The number of rotatable bonds is 6. The Morgan fingerprint density at radius 2 is 1.88 bits per heavy atom. The van der Waals surface area contributed by atoms with Crippen molar-refractivity contribution in [3.8, 4) is 0 Å². The lowest BCUT2D eigenvalue weighted by Gasteiger charge is -2.34. The molecule has 0 radical (unpaired) electrons. The van der Waals surface area contributed by atoms with Gasteiger partial charge < -0.3 is 5.32 Å². The first-order chi connectivity index (χ1) is 12.5. The van der Waals surface area contributed by atoms with Crippen LogP contribution >= 0.6 is 11.3 Å². The minimum atomic E-state index is 0.0903. The highest BCUT2D eigenvalue weighted by molar-refractivity contribution is 7.07. The number of nitrogens with zero attached hydrogens (tertiary/aromatic N) is 2. The number of aryl methyl sites for hydroxylation is 1. The summed E-state index contributed by atoms with van der Waals surface area (Å²) in [6, 6.07) is 8.42. The molecular weight excluding hydrogens is 342 g/mol. The average Bonchev–Trinajstić information content (AvgIpc) is 3.11. The van der Waals surface area contributed by atoms with Gasteiger partial charge in [0, 0.05) is 38.4 Å². The van der Waals surface area contributed by atoms with Crippen LogP contribution in [0.5, 0.6) is 0 Å². The van der Waals surface area contributed by atoms with E-state index in [1.54, 1.807) is 11.3 Å². The second kappa shape index (κ2) is 8.80. The first kappa shape index (κ1) is 19.1. The van der Waals surface area contributed by atoms with Gasteiger partial charge in [0.25, 0.3) is 0 Å². The zero-order valence-electron chi connectivity index (χ0n) is 16.0. The molecule has 3 rings (SSSR count). The number of thiophene rings is 1. The molecule has 5 heteroatoms. The summed E-state index contributed by atoms with van der Waals surface area (Å²) in [5.41, 5.74) is 4.72. The molecule has 0 atom stereocenters. The number of carbonyl (C=O) groups is 1. The number of nitrogens with one attached hydrogen (secondary N) is 1. The molecule has 2 heterocycles. The van der Waals surface area contributed by atoms with E-state index in [0.29, 0.717) is 12.5 Å². The summed E-state index contributed by atoms with van der Waals surface area (Å²) in [7, 11) is 0. The Morgan fingerprint density at radius 1 is 1.15 bits per heavy atom. The average molecular weight is 372 g/mol. The fraction of sp³-hybridized carbons (Fsp3) is 0.476. The molecule has 1 N–H and O–H groups in total. The van der Waals surface area contributed by atoms with E-state index in [1.807, 2.05) is 0 Å². The Morgan fingerprint density at radius 3 is 2.54 bits per heavy atom. The van der Waals surface area contributed by atoms with Crippen LogP contribution in [0.15, 0.2) is 35.0 Å². The monoisotopic (exact) mass is 371 g/mol. The first-order valence-electron chi connectivity index (χ1n) is 9.38. The highest BCUT2D eigenvalue weighted by Gasteiger charge is 2.20. The second-order valence-corrected chi connectivity index (χ2v) is 8.21. The van der Waals surface area contributed by atoms with Gasteiger partial charge >= 0.3 is 0 Å². The third kappa shape index (κ3) is 4.93.